The van der Waals surface area contributed by atoms with Gasteiger partial charge in [-0.2, -0.15) is 0 Å². The predicted octanol–water partition coefficient (Wildman–Crippen LogP) is 5.60. The maximum atomic E-state index is 13.4. The van der Waals surface area contributed by atoms with Crippen molar-refractivity contribution < 1.29 is 27.5 Å². The molecule has 1 N–H and O–H groups in total. The van der Waals surface area contributed by atoms with Crippen molar-refractivity contribution in [2.24, 2.45) is 0 Å². The molecule has 4 rings (SSSR count). The van der Waals surface area contributed by atoms with Crippen LogP contribution >= 0.6 is 0 Å². The van der Waals surface area contributed by atoms with Gasteiger partial charge in [-0.1, -0.05) is 48.5 Å². The third-order valence-corrected chi connectivity index (χ3v) is 5.11. The highest BCUT2D eigenvalue weighted by Crippen LogP contribution is 2.36. The Morgan fingerprint density at radius 1 is 0.848 bits per heavy atom. The monoisotopic (exact) mass is 452 g/mol. The first-order valence-corrected chi connectivity index (χ1v) is 10.0. The fraction of sp³-hybridized carbons (Fsp3) is 0.120. The molecule has 0 saturated carbocycles. The lowest BCUT2D eigenvalue weighted by atomic mass is 10.0. The fourth-order valence-corrected chi connectivity index (χ4v) is 3.58. The predicted molar refractivity (Wildman–Crippen MR) is 119 cm³/mol. The van der Waals surface area contributed by atoms with Crippen LogP contribution in [0.2, 0.25) is 0 Å². The van der Waals surface area contributed by atoms with Gasteiger partial charge in [0.1, 0.15) is 11.4 Å². The Morgan fingerprint density at radius 2 is 1.58 bits per heavy atom. The lowest BCUT2D eigenvalue weighted by Gasteiger charge is -2.17. The van der Waals surface area contributed by atoms with Crippen LogP contribution in [0.3, 0.4) is 0 Å². The molecule has 0 saturated heterocycles. The number of nitrogens with one attached hydrogen (secondary N) is 1. The Hall–Kier alpha value is -4.07. The normalized spacial score (nSPS) is 14.2. The van der Waals surface area contributed by atoms with Crippen LogP contribution in [0.1, 0.15) is 16.7 Å². The average molecular weight is 452 g/mol. The molecule has 0 aliphatic carbocycles. The lowest BCUT2D eigenvalue weighted by molar-refractivity contribution is -0.274. The van der Waals surface area contributed by atoms with Crippen LogP contribution in [0, 0.1) is 13.8 Å². The summed E-state index contributed by atoms with van der Waals surface area (Å²) in [5.41, 5.74) is 3.11. The summed E-state index contributed by atoms with van der Waals surface area (Å²) < 4.78 is 42.0. The molecule has 0 fully saturated rings. The molecule has 0 radical (unpaired) electrons. The van der Waals surface area contributed by atoms with Crippen LogP contribution in [0.15, 0.2) is 78.5 Å². The van der Waals surface area contributed by atoms with E-state index in [2.05, 4.69) is 10.1 Å². The molecule has 1 aliphatic rings. The molecular formula is C25H19F3N2O3. The van der Waals surface area contributed by atoms with Gasteiger partial charge >= 0.3 is 6.36 Å². The molecule has 0 spiro atoms. The van der Waals surface area contributed by atoms with Crippen LogP contribution in [-0.2, 0) is 9.59 Å². The number of carbonyl (C=O) groups excluding carboxylic acids is 2. The SMILES string of the molecule is Cc1ccc(C)c(NC2=C(c3ccccc3)C(=O)N(c3cccc(OC(F)(F)F)c3)C2=O)c1. The van der Waals surface area contributed by atoms with E-state index in [9.17, 15) is 22.8 Å². The Bertz CT molecular complexity index is 1270. The van der Waals surface area contributed by atoms with E-state index < -0.39 is 23.9 Å². The van der Waals surface area contributed by atoms with E-state index in [1.54, 1.807) is 30.3 Å². The number of benzene rings is 3. The van der Waals surface area contributed by atoms with Gasteiger partial charge in [0, 0.05) is 11.8 Å². The summed E-state index contributed by atoms with van der Waals surface area (Å²) in [5, 5.41) is 3.09. The Labute approximate surface area is 188 Å². The number of hydrogen-bond donors (Lipinski definition) is 1. The highest BCUT2D eigenvalue weighted by Gasteiger charge is 2.41. The molecule has 0 atom stereocenters. The van der Waals surface area contributed by atoms with E-state index in [-0.39, 0.29) is 17.0 Å². The minimum Gasteiger partial charge on any atom is -0.406 e. The molecule has 0 unspecified atom stereocenters. The number of nitrogens with zero attached hydrogens (tertiary/aromatic N) is 1. The molecule has 1 aliphatic heterocycles. The van der Waals surface area contributed by atoms with Gasteiger partial charge in [-0.25, -0.2) is 4.90 Å². The van der Waals surface area contributed by atoms with Crippen molar-refractivity contribution >= 4 is 28.8 Å². The van der Waals surface area contributed by atoms with E-state index >= 15 is 0 Å². The molecule has 5 nitrogen and oxygen atoms in total. The second-order valence-corrected chi connectivity index (χ2v) is 7.55. The Kier molecular flexibility index (Phi) is 5.68. The standard InChI is InChI=1S/C25H19F3N2O3/c1-15-11-12-16(2)20(13-15)29-22-21(17-7-4-3-5-8-17)23(31)30(24(22)32)18-9-6-10-19(14-18)33-25(26,27)28/h3-14,29H,1-2H3. The number of imide groups is 1. The van der Waals surface area contributed by atoms with Crippen molar-refractivity contribution in [2.75, 3.05) is 10.2 Å². The lowest BCUT2D eigenvalue weighted by Crippen LogP contribution is -2.32. The molecular weight excluding hydrogens is 433 g/mol. The van der Waals surface area contributed by atoms with Crippen LogP contribution in [0.4, 0.5) is 24.5 Å². The van der Waals surface area contributed by atoms with Crippen molar-refractivity contribution in [1.29, 1.82) is 0 Å². The van der Waals surface area contributed by atoms with Gasteiger partial charge in [-0.3, -0.25) is 9.59 Å². The van der Waals surface area contributed by atoms with Crippen LogP contribution < -0.4 is 15.0 Å². The molecule has 0 bridgehead atoms. The van der Waals surface area contributed by atoms with Crippen molar-refractivity contribution in [2.45, 2.75) is 20.2 Å². The largest absolute Gasteiger partial charge is 0.573 e. The number of carbonyl (C=O) groups is 2. The van der Waals surface area contributed by atoms with Crippen LogP contribution in [0.5, 0.6) is 5.75 Å². The molecule has 8 heteroatoms. The van der Waals surface area contributed by atoms with Gasteiger partial charge in [0.2, 0.25) is 0 Å². The van der Waals surface area contributed by atoms with Gasteiger partial charge in [0.05, 0.1) is 11.3 Å². The summed E-state index contributed by atoms with van der Waals surface area (Å²) in [4.78, 5) is 27.7. The zero-order valence-electron chi connectivity index (χ0n) is 17.7. The second kappa shape index (κ2) is 8.46. The number of halogens is 3. The summed E-state index contributed by atoms with van der Waals surface area (Å²) in [6.45, 7) is 3.76. The van der Waals surface area contributed by atoms with Gasteiger partial charge in [0.25, 0.3) is 11.8 Å². The number of hydrogen-bond acceptors (Lipinski definition) is 4. The number of amides is 2. The zero-order valence-corrected chi connectivity index (χ0v) is 17.7. The van der Waals surface area contributed by atoms with Crippen LogP contribution in [0.25, 0.3) is 5.57 Å². The minimum absolute atomic E-state index is 0.0297. The topological polar surface area (TPSA) is 58.6 Å². The number of anilines is 2. The number of ether oxygens (including phenoxy) is 1. The summed E-state index contributed by atoms with van der Waals surface area (Å²) in [6, 6.07) is 19.1. The quantitative estimate of drug-likeness (QED) is 0.512. The summed E-state index contributed by atoms with van der Waals surface area (Å²) in [5.74, 6) is -1.86. The van der Waals surface area contributed by atoms with E-state index in [1.165, 1.54) is 12.1 Å². The van der Waals surface area contributed by atoms with Gasteiger partial charge in [0.15, 0.2) is 0 Å². The molecule has 1 heterocycles. The maximum Gasteiger partial charge on any atom is 0.573 e. The Balaban J connectivity index is 1.79. The van der Waals surface area contributed by atoms with Crippen molar-refractivity contribution in [3.63, 3.8) is 0 Å². The first kappa shape index (κ1) is 22.1. The minimum atomic E-state index is -4.90. The third kappa shape index (κ3) is 4.59. The summed E-state index contributed by atoms with van der Waals surface area (Å²) >= 11 is 0. The number of aryl methyl sites for hydroxylation is 2. The maximum absolute atomic E-state index is 13.4. The zero-order chi connectivity index (χ0) is 23.8. The fourth-order valence-electron chi connectivity index (χ4n) is 3.58. The van der Waals surface area contributed by atoms with E-state index in [0.29, 0.717) is 11.3 Å². The van der Waals surface area contributed by atoms with Crippen molar-refractivity contribution in [1.82, 2.24) is 0 Å². The number of rotatable bonds is 5. The molecule has 3 aromatic rings. The smallest absolute Gasteiger partial charge is 0.406 e. The number of alkyl halides is 3. The summed E-state index contributed by atoms with van der Waals surface area (Å²) in [7, 11) is 0. The highest BCUT2D eigenvalue weighted by molar-refractivity contribution is 6.46. The van der Waals surface area contributed by atoms with Gasteiger partial charge in [-0.05, 0) is 48.7 Å². The first-order chi connectivity index (χ1) is 15.6. The van der Waals surface area contributed by atoms with Crippen molar-refractivity contribution in [3.8, 4) is 5.75 Å². The molecule has 2 amide bonds. The molecule has 33 heavy (non-hydrogen) atoms. The van der Waals surface area contributed by atoms with E-state index in [1.807, 2.05) is 32.0 Å². The first-order valence-electron chi connectivity index (χ1n) is 10.0. The second-order valence-electron chi connectivity index (χ2n) is 7.55. The van der Waals surface area contributed by atoms with Gasteiger partial charge < -0.3 is 10.1 Å². The average Bonchev–Trinajstić information content (AvgIpc) is 3.00. The summed E-state index contributed by atoms with van der Waals surface area (Å²) in [6.07, 6.45) is -4.90. The van der Waals surface area contributed by atoms with Crippen LogP contribution in [-0.4, -0.2) is 18.2 Å². The highest BCUT2D eigenvalue weighted by atomic mass is 19.4. The molecule has 168 valence electrons. The third-order valence-electron chi connectivity index (χ3n) is 5.11. The van der Waals surface area contributed by atoms with Crippen molar-refractivity contribution in [3.05, 3.63) is 95.2 Å². The van der Waals surface area contributed by atoms with E-state index in [4.69, 9.17) is 0 Å². The van der Waals surface area contributed by atoms with E-state index in [0.717, 1.165) is 28.2 Å². The van der Waals surface area contributed by atoms with Gasteiger partial charge in [-0.15, -0.1) is 13.2 Å². The molecule has 3 aromatic carbocycles. The molecule has 0 aromatic heterocycles. The Morgan fingerprint density at radius 3 is 2.27 bits per heavy atom.